The lowest BCUT2D eigenvalue weighted by atomic mass is 9.95. The smallest absolute Gasteiger partial charge is 0.168 e. The number of benzene rings is 1. The van der Waals surface area contributed by atoms with Gasteiger partial charge in [0.2, 0.25) is 0 Å². The van der Waals surface area contributed by atoms with E-state index < -0.39 is 23.6 Å². The summed E-state index contributed by atoms with van der Waals surface area (Å²) >= 11 is 0. The van der Waals surface area contributed by atoms with Crippen LogP contribution in [0, 0.1) is 23.4 Å². The maximum Gasteiger partial charge on any atom is 0.168 e. The van der Waals surface area contributed by atoms with Gasteiger partial charge in [0, 0.05) is 30.3 Å². The fraction of sp³-hybridized carbons (Fsp3) is 0.389. The summed E-state index contributed by atoms with van der Waals surface area (Å²) in [5.41, 5.74) is 1.00. The number of ether oxygens (including phenoxy) is 1. The molecule has 1 aliphatic rings. The lowest BCUT2D eigenvalue weighted by molar-refractivity contribution is 0.135. The molecule has 3 rings (SSSR count). The summed E-state index contributed by atoms with van der Waals surface area (Å²) in [4.78, 5) is 3.87. The van der Waals surface area contributed by atoms with Gasteiger partial charge < -0.3 is 10.1 Å². The number of halogens is 3. The topological polar surface area (TPSA) is 34.1 Å². The summed E-state index contributed by atoms with van der Waals surface area (Å²) in [6.45, 7) is 3.31. The molecule has 2 atom stereocenters. The number of rotatable bonds is 5. The number of nitrogens with one attached hydrogen (secondary N) is 1. The Morgan fingerprint density at radius 3 is 2.71 bits per heavy atom. The highest BCUT2D eigenvalue weighted by atomic mass is 19.1. The van der Waals surface area contributed by atoms with Gasteiger partial charge in [-0.1, -0.05) is 6.92 Å². The zero-order valence-corrected chi connectivity index (χ0v) is 13.4. The van der Waals surface area contributed by atoms with E-state index in [4.69, 9.17) is 4.74 Å². The normalized spacial score (nSPS) is 18.6. The Hall–Kier alpha value is -2.08. The predicted molar refractivity (Wildman–Crippen MR) is 84.3 cm³/mol. The molecule has 1 N–H and O–H groups in total. The van der Waals surface area contributed by atoms with E-state index in [0.29, 0.717) is 24.1 Å². The van der Waals surface area contributed by atoms with Gasteiger partial charge in [-0.25, -0.2) is 13.2 Å². The van der Waals surface area contributed by atoms with Crippen molar-refractivity contribution in [3.05, 3.63) is 59.2 Å². The summed E-state index contributed by atoms with van der Waals surface area (Å²) in [5, 5.41) is 3.23. The van der Waals surface area contributed by atoms with Gasteiger partial charge in [0.15, 0.2) is 11.6 Å². The third-order valence-corrected chi connectivity index (χ3v) is 4.29. The first kappa shape index (κ1) is 16.8. The Morgan fingerprint density at radius 2 is 2.04 bits per heavy atom. The SMILES string of the molecule is CCc1cc(F)cc(F)c1OC(c1cncc(F)c1)[C@H]1CCNC1. The van der Waals surface area contributed by atoms with Crippen LogP contribution in [0.15, 0.2) is 30.6 Å². The van der Waals surface area contributed by atoms with E-state index in [-0.39, 0.29) is 11.7 Å². The molecule has 0 radical (unpaired) electrons. The van der Waals surface area contributed by atoms with Crippen LogP contribution in [0.25, 0.3) is 0 Å². The molecule has 0 bridgehead atoms. The molecule has 0 spiro atoms. The number of aryl methyl sites for hydroxylation is 1. The first-order chi connectivity index (χ1) is 11.6. The summed E-state index contributed by atoms with van der Waals surface area (Å²) < 4.78 is 47.2. The maximum absolute atomic E-state index is 14.3. The van der Waals surface area contributed by atoms with Gasteiger partial charge >= 0.3 is 0 Å². The molecule has 24 heavy (non-hydrogen) atoms. The van der Waals surface area contributed by atoms with Crippen LogP contribution < -0.4 is 10.1 Å². The van der Waals surface area contributed by atoms with Gasteiger partial charge in [-0.2, -0.15) is 0 Å². The minimum atomic E-state index is -0.743. The molecule has 1 aromatic carbocycles. The number of nitrogens with zero attached hydrogens (tertiary/aromatic N) is 1. The van der Waals surface area contributed by atoms with Crippen molar-refractivity contribution in [2.24, 2.45) is 5.92 Å². The summed E-state index contributed by atoms with van der Waals surface area (Å²) in [5.74, 6) is -1.76. The van der Waals surface area contributed by atoms with Gasteiger partial charge in [0.25, 0.3) is 0 Å². The molecule has 2 heterocycles. The van der Waals surface area contributed by atoms with E-state index in [9.17, 15) is 13.2 Å². The summed E-state index contributed by atoms with van der Waals surface area (Å²) in [7, 11) is 0. The Kier molecular flexibility index (Phi) is 5.04. The van der Waals surface area contributed by atoms with Gasteiger partial charge in [0.1, 0.15) is 17.7 Å². The molecule has 0 amide bonds. The van der Waals surface area contributed by atoms with E-state index in [2.05, 4.69) is 10.3 Å². The summed E-state index contributed by atoms with van der Waals surface area (Å²) in [6.07, 6.45) is 3.35. The first-order valence-electron chi connectivity index (χ1n) is 8.04. The van der Waals surface area contributed by atoms with Crippen LogP contribution in [0.1, 0.15) is 30.6 Å². The van der Waals surface area contributed by atoms with E-state index in [1.807, 2.05) is 0 Å². The second kappa shape index (κ2) is 7.21. The molecule has 1 aromatic heterocycles. The zero-order chi connectivity index (χ0) is 17.1. The second-order valence-corrected chi connectivity index (χ2v) is 5.96. The van der Waals surface area contributed by atoms with Gasteiger partial charge in [0.05, 0.1) is 6.20 Å². The third-order valence-electron chi connectivity index (χ3n) is 4.29. The Bertz CT molecular complexity index is 717. The van der Waals surface area contributed by atoms with Crippen molar-refractivity contribution in [2.75, 3.05) is 13.1 Å². The van der Waals surface area contributed by atoms with E-state index >= 15 is 0 Å². The monoisotopic (exact) mass is 336 g/mol. The molecule has 128 valence electrons. The molecule has 0 saturated carbocycles. The van der Waals surface area contributed by atoms with Crippen LogP contribution in [-0.2, 0) is 6.42 Å². The first-order valence-corrected chi connectivity index (χ1v) is 8.04. The molecular formula is C18H19F3N2O. The van der Waals surface area contributed by atoms with E-state index in [1.165, 1.54) is 18.3 Å². The molecule has 3 nitrogen and oxygen atoms in total. The fourth-order valence-corrected chi connectivity index (χ4v) is 3.09. The zero-order valence-electron chi connectivity index (χ0n) is 13.4. The molecule has 1 unspecified atom stereocenters. The van der Waals surface area contributed by atoms with Crippen LogP contribution in [0.3, 0.4) is 0 Å². The van der Waals surface area contributed by atoms with Crippen molar-refractivity contribution in [3.63, 3.8) is 0 Å². The third kappa shape index (κ3) is 3.53. The Balaban J connectivity index is 1.98. The van der Waals surface area contributed by atoms with Crippen molar-refractivity contribution >= 4 is 0 Å². The average molecular weight is 336 g/mol. The van der Waals surface area contributed by atoms with Crippen LogP contribution in [-0.4, -0.2) is 18.1 Å². The van der Waals surface area contributed by atoms with Crippen LogP contribution in [0.4, 0.5) is 13.2 Å². The van der Waals surface area contributed by atoms with Gasteiger partial charge in [-0.3, -0.25) is 4.98 Å². The van der Waals surface area contributed by atoms with Crippen molar-refractivity contribution in [1.82, 2.24) is 10.3 Å². The molecule has 2 aromatic rings. The van der Waals surface area contributed by atoms with Crippen molar-refractivity contribution in [3.8, 4) is 5.75 Å². The Labute approximate surface area is 138 Å². The van der Waals surface area contributed by atoms with Crippen LogP contribution in [0.5, 0.6) is 5.75 Å². The molecule has 6 heteroatoms. The number of hydrogen-bond acceptors (Lipinski definition) is 3. The number of aromatic nitrogens is 1. The van der Waals surface area contributed by atoms with Crippen molar-refractivity contribution in [2.45, 2.75) is 25.9 Å². The second-order valence-electron chi connectivity index (χ2n) is 5.96. The highest BCUT2D eigenvalue weighted by molar-refractivity contribution is 5.36. The predicted octanol–water partition coefficient (Wildman–Crippen LogP) is 3.79. The van der Waals surface area contributed by atoms with Crippen LogP contribution in [0.2, 0.25) is 0 Å². The lowest BCUT2D eigenvalue weighted by Gasteiger charge is -2.26. The fourth-order valence-electron chi connectivity index (χ4n) is 3.09. The molecular weight excluding hydrogens is 317 g/mol. The standard InChI is InChI=1S/C18H19F3N2O/c1-2-11-5-14(19)7-16(21)18(11)24-17(12-3-4-22-8-12)13-6-15(20)10-23-9-13/h5-7,9-10,12,17,22H,2-4,8H2,1H3/t12-,17?/m0/s1. The van der Waals surface area contributed by atoms with Gasteiger partial charge in [-0.15, -0.1) is 0 Å². The van der Waals surface area contributed by atoms with E-state index in [0.717, 1.165) is 25.2 Å². The molecule has 1 aliphatic heterocycles. The quantitative estimate of drug-likeness (QED) is 0.902. The summed E-state index contributed by atoms with van der Waals surface area (Å²) in [6, 6.07) is 3.43. The largest absolute Gasteiger partial charge is 0.482 e. The lowest BCUT2D eigenvalue weighted by Crippen LogP contribution is -2.22. The number of pyridine rings is 1. The van der Waals surface area contributed by atoms with Crippen molar-refractivity contribution in [1.29, 1.82) is 0 Å². The van der Waals surface area contributed by atoms with Crippen LogP contribution >= 0.6 is 0 Å². The minimum Gasteiger partial charge on any atom is -0.482 e. The highest BCUT2D eigenvalue weighted by Gasteiger charge is 2.30. The van der Waals surface area contributed by atoms with E-state index in [1.54, 1.807) is 6.92 Å². The highest BCUT2D eigenvalue weighted by Crippen LogP contribution is 2.35. The van der Waals surface area contributed by atoms with Crippen molar-refractivity contribution < 1.29 is 17.9 Å². The molecule has 0 aliphatic carbocycles. The number of hydrogen-bond donors (Lipinski definition) is 1. The maximum atomic E-state index is 14.3. The molecule has 1 saturated heterocycles. The van der Waals surface area contributed by atoms with Gasteiger partial charge in [-0.05, 0) is 37.1 Å². The minimum absolute atomic E-state index is 0.0278. The molecule has 1 fully saturated rings. The average Bonchev–Trinajstić information content (AvgIpc) is 3.07. The Morgan fingerprint density at radius 1 is 1.21 bits per heavy atom.